The number of aryl methyl sites for hydroxylation is 1. The molecular weight excluding hydrogens is 234 g/mol. The molecule has 1 aliphatic heterocycles. The molecule has 0 saturated carbocycles. The summed E-state index contributed by atoms with van der Waals surface area (Å²) in [6, 6.07) is 7.85. The van der Waals surface area contributed by atoms with Crippen molar-refractivity contribution in [1.29, 1.82) is 0 Å². The summed E-state index contributed by atoms with van der Waals surface area (Å²) in [5.74, 6) is -2.44. The molecule has 0 amide bonds. The number of likely N-dealkylation sites (tertiary alicyclic amines) is 1. The van der Waals surface area contributed by atoms with Crippen LogP contribution in [0.5, 0.6) is 0 Å². The number of benzene rings is 1. The molecule has 2 rings (SSSR count). The normalized spacial score (nSPS) is 19.9. The van der Waals surface area contributed by atoms with E-state index in [0.717, 1.165) is 25.1 Å². The summed E-state index contributed by atoms with van der Waals surface area (Å²) in [6.45, 7) is 1.93. The average molecular weight is 254 g/mol. The van der Waals surface area contributed by atoms with E-state index in [9.17, 15) is 8.78 Å². The lowest BCUT2D eigenvalue weighted by molar-refractivity contribution is -0.0551. The summed E-state index contributed by atoms with van der Waals surface area (Å²) >= 11 is 0. The molecule has 2 nitrogen and oxygen atoms in total. The van der Waals surface area contributed by atoms with E-state index >= 15 is 0 Å². The second-order valence-corrected chi connectivity index (χ2v) is 5.05. The standard InChI is InChI=1S/C14H20F2N2/c15-14(16)6-9-18(10-7-14)8-2-4-12-3-1-5-13(17)11-12/h1,3,5,11H,2,4,6-10,17H2. The zero-order valence-electron chi connectivity index (χ0n) is 10.5. The molecule has 1 saturated heterocycles. The van der Waals surface area contributed by atoms with E-state index in [0.29, 0.717) is 13.1 Å². The first-order valence-electron chi connectivity index (χ1n) is 6.50. The lowest BCUT2D eigenvalue weighted by atomic mass is 10.1. The third kappa shape index (κ3) is 3.95. The second-order valence-electron chi connectivity index (χ2n) is 5.05. The van der Waals surface area contributed by atoms with Gasteiger partial charge >= 0.3 is 0 Å². The fourth-order valence-electron chi connectivity index (χ4n) is 2.36. The van der Waals surface area contributed by atoms with Gasteiger partial charge in [0.15, 0.2) is 0 Å². The predicted molar refractivity (Wildman–Crippen MR) is 69.8 cm³/mol. The van der Waals surface area contributed by atoms with E-state index in [1.54, 1.807) is 0 Å². The van der Waals surface area contributed by atoms with Crippen molar-refractivity contribution in [2.24, 2.45) is 0 Å². The van der Waals surface area contributed by atoms with Gasteiger partial charge in [-0.25, -0.2) is 8.78 Å². The molecule has 1 aliphatic rings. The summed E-state index contributed by atoms with van der Waals surface area (Å²) in [7, 11) is 0. The monoisotopic (exact) mass is 254 g/mol. The van der Waals surface area contributed by atoms with Gasteiger partial charge in [0, 0.05) is 31.6 Å². The maximum Gasteiger partial charge on any atom is 0.250 e. The molecule has 1 heterocycles. The summed E-state index contributed by atoms with van der Waals surface area (Å²) in [5, 5.41) is 0. The Morgan fingerprint density at radius 3 is 2.61 bits per heavy atom. The van der Waals surface area contributed by atoms with Crippen molar-refractivity contribution in [2.45, 2.75) is 31.6 Å². The predicted octanol–water partition coefficient (Wildman–Crippen LogP) is 2.93. The van der Waals surface area contributed by atoms with E-state index in [2.05, 4.69) is 11.0 Å². The summed E-state index contributed by atoms with van der Waals surface area (Å²) in [5.41, 5.74) is 7.71. The number of piperidine rings is 1. The molecule has 18 heavy (non-hydrogen) atoms. The van der Waals surface area contributed by atoms with Crippen LogP contribution >= 0.6 is 0 Å². The van der Waals surface area contributed by atoms with Crippen LogP contribution in [-0.2, 0) is 6.42 Å². The number of nitrogens with zero attached hydrogens (tertiary/aromatic N) is 1. The Kier molecular flexibility index (Phi) is 4.17. The highest BCUT2D eigenvalue weighted by Gasteiger charge is 2.33. The lowest BCUT2D eigenvalue weighted by Gasteiger charge is -2.31. The molecule has 100 valence electrons. The van der Waals surface area contributed by atoms with Crippen LogP contribution < -0.4 is 5.73 Å². The number of rotatable bonds is 4. The van der Waals surface area contributed by atoms with Crippen LogP contribution in [0.25, 0.3) is 0 Å². The van der Waals surface area contributed by atoms with Gasteiger partial charge in [0.05, 0.1) is 0 Å². The maximum absolute atomic E-state index is 13.0. The first-order chi connectivity index (χ1) is 8.55. The fraction of sp³-hybridized carbons (Fsp3) is 0.571. The van der Waals surface area contributed by atoms with Gasteiger partial charge < -0.3 is 10.6 Å². The Balaban J connectivity index is 1.70. The molecule has 0 radical (unpaired) electrons. The minimum atomic E-state index is -2.44. The molecule has 0 spiro atoms. The average Bonchev–Trinajstić information content (AvgIpc) is 2.31. The molecular formula is C14H20F2N2. The third-order valence-corrected chi connectivity index (χ3v) is 3.48. The van der Waals surface area contributed by atoms with Gasteiger partial charge in [0.25, 0.3) is 5.92 Å². The molecule has 4 heteroatoms. The molecule has 2 N–H and O–H groups in total. The molecule has 0 aliphatic carbocycles. The van der Waals surface area contributed by atoms with E-state index in [1.165, 1.54) is 5.56 Å². The largest absolute Gasteiger partial charge is 0.399 e. The van der Waals surface area contributed by atoms with Gasteiger partial charge in [0.2, 0.25) is 0 Å². The zero-order valence-corrected chi connectivity index (χ0v) is 10.5. The Labute approximate surface area is 107 Å². The van der Waals surface area contributed by atoms with Crippen molar-refractivity contribution in [1.82, 2.24) is 4.90 Å². The number of nitrogen functional groups attached to an aromatic ring is 1. The first-order valence-corrected chi connectivity index (χ1v) is 6.50. The van der Waals surface area contributed by atoms with Gasteiger partial charge in [-0.15, -0.1) is 0 Å². The van der Waals surface area contributed by atoms with Crippen LogP contribution in [0.2, 0.25) is 0 Å². The van der Waals surface area contributed by atoms with E-state index < -0.39 is 5.92 Å². The van der Waals surface area contributed by atoms with Gasteiger partial charge in [-0.3, -0.25) is 0 Å². The van der Waals surface area contributed by atoms with Crippen LogP contribution in [0.1, 0.15) is 24.8 Å². The molecule has 0 bridgehead atoms. The molecule has 1 aromatic rings. The van der Waals surface area contributed by atoms with Crippen molar-refractivity contribution < 1.29 is 8.78 Å². The third-order valence-electron chi connectivity index (χ3n) is 3.48. The minimum absolute atomic E-state index is 0.00524. The SMILES string of the molecule is Nc1cccc(CCCN2CCC(F)(F)CC2)c1. The second kappa shape index (κ2) is 5.65. The highest BCUT2D eigenvalue weighted by molar-refractivity contribution is 5.40. The smallest absolute Gasteiger partial charge is 0.250 e. The fourth-order valence-corrected chi connectivity index (χ4v) is 2.36. The van der Waals surface area contributed by atoms with Crippen LogP contribution in [-0.4, -0.2) is 30.5 Å². The van der Waals surface area contributed by atoms with Crippen LogP contribution in [0.15, 0.2) is 24.3 Å². The van der Waals surface area contributed by atoms with Crippen LogP contribution in [0, 0.1) is 0 Å². The number of nitrogens with two attached hydrogens (primary N) is 1. The van der Waals surface area contributed by atoms with Crippen molar-refractivity contribution in [3.05, 3.63) is 29.8 Å². The van der Waals surface area contributed by atoms with Crippen LogP contribution in [0.3, 0.4) is 0 Å². The topological polar surface area (TPSA) is 29.3 Å². The van der Waals surface area contributed by atoms with Gasteiger partial charge in [0.1, 0.15) is 0 Å². The molecule has 0 unspecified atom stereocenters. The first kappa shape index (κ1) is 13.3. The summed E-state index contributed by atoms with van der Waals surface area (Å²) in [4.78, 5) is 2.13. The van der Waals surface area contributed by atoms with E-state index in [4.69, 9.17) is 5.73 Å². The lowest BCUT2D eigenvalue weighted by Crippen LogP contribution is -2.39. The van der Waals surface area contributed by atoms with Crippen molar-refractivity contribution >= 4 is 5.69 Å². The van der Waals surface area contributed by atoms with Crippen LogP contribution in [0.4, 0.5) is 14.5 Å². The number of hydrogen-bond donors (Lipinski definition) is 1. The number of anilines is 1. The van der Waals surface area contributed by atoms with E-state index in [1.807, 2.05) is 18.2 Å². The summed E-state index contributed by atoms with van der Waals surface area (Å²) < 4.78 is 25.9. The number of halogens is 2. The maximum atomic E-state index is 13.0. The Hall–Kier alpha value is -1.16. The Morgan fingerprint density at radius 1 is 1.22 bits per heavy atom. The molecule has 0 aromatic heterocycles. The van der Waals surface area contributed by atoms with Gasteiger partial charge in [-0.1, -0.05) is 12.1 Å². The zero-order chi connectivity index (χ0) is 13.0. The minimum Gasteiger partial charge on any atom is -0.399 e. The van der Waals surface area contributed by atoms with Crippen molar-refractivity contribution in [3.8, 4) is 0 Å². The highest BCUT2D eigenvalue weighted by atomic mass is 19.3. The summed E-state index contributed by atoms with van der Waals surface area (Å²) in [6.07, 6.45) is 1.96. The van der Waals surface area contributed by atoms with Gasteiger partial charge in [-0.05, 0) is 37.1 Å². The van der Waals surface area contributed by atoms with Crippen molar-refractivity contribution in [2.75, 3.05) is 25.4 Å². The van der Waals surface area contributed by atoms with Crippen molar-refractivity contribution in [3.63, 3.8) is 0 Å². The Morgan fingerprint density at radius 2 is 1.94 bits per heavy atom. The molecule has 1 fully saturated rings. The molecule has 1 aromatic carbocycles. The molecule has 0 atom stereocenters. The number of alkyl halides is 2. The van der Waals surface area contributed by atoms with E-state index in [-0.39, 0.29) is 12.8 Å². The Bertz CT molecular complexity index is 383. The highest BCUT2D eigenvalue weighted by Crippen LogP contribution is 2.27. The van der Waals surface area contributed by atoms with Gasteiger partial charge in [-0.2, -0.15) is 0 Å². The number of hydrogen-bond acceptors (Lipinski definition) is 2. The quantitative estimate of drug-likeness (QED) is 0.837.